The Morgan fingerprint density at radius 1 is 0.399 bits per heavy atom. The van der Waals surface area contributed by atoms with Gasteiger partial charge in [-0.05, 0) is 131 Å². The van der Waals surface area contributed by atoms with Crippen LogP contribution < -0.4 is 48.6 Å². The van der Waals surface area contributed by atoms with Gasteiger partial charge < -0.3 is 46.6 Å². The SMILES string of the molecule is C=CC(=O)N1CCN(c2c(C#N)c(=O)n(-c3c(C)ccnc3C(C)C)c3nc(-c4c(F)c(F)c(F)c(N)c4Cl)c(Cl)cc23)[C@@H](C)C1.C=CC(=O)N1CCN(c2c(C#N)c(=O)n(-c3c(C)ccnc3C(C)C)c3nc(-c4c(F)c(F)c(F)c(N)c4Cl)c(Cl)cc23)[C@@H](C)C1.C=CC(=O)N1CCN(c2c(C#N)c(=O)n(-c3c(C)ccnc3C(C)C)c3nc(-c4c(F)c(F)c(F)c(N)c4Cl)c(Cl)cc23)[C@@H](C)C1. The molecule has 138 heavy (non-hydrogen) atoms. The van der Waals surface area contributed by atoms with Crippen molar-refractivity contribution in [1.29, 1.82) is 15.8 Å². The van der Waals surface area contributed by atoms with Crippen LogP contribution in [0.5, 0.6) is 0 Å². The first-order valence-corrected chi connectivity index (χ1v) is 44.9. The molecule has 15 rings (SSSR count). The highest BCUT2D eigenvalue weighted by molar-refractivity contribution is 6.40. The largest absolute Gasteiger partial charge is 0.395 e. The number of pyridine rings is 9. The van der Waals surface area contributed by atoms with Crippen molar-refractivity contribution in [3.8, 4) is 69.0 Å². The Labute approximate surface area is 813 Å². The van der Waals surface area contributed by atoms with E-state index in [2.05, 4.69) is 67.8 Å². The summed E-state index contributed by atoms with van der Waals surface area (Å²) in [6.07, 6.45) is 8.39. The van der Waals surface area contributed by atoms with Crippen LogP contribution in [0.15, 0.2) is 107 Å². The van der Waals surface area contributed by atoms with Gasteiger partial charge >= 0.3 is 0 Å². The number of amides is 3. The summed E-state index contributed by atoms with van der Waals surface area (Å²) in [5.74, 6) is -17.0. The summed E-state index contributed by atoms with van der Waals surface area (Å²) in [6, 6.07) is 14.2. The van der Waals surface area contributed by atoms with Gasteiger partial charge in [-0.3, -0.25) is 57.4 Å². The quantitative estimate of drug-likeness (QED) is 0.0282. The zero-order chi connectivity index (χ0) is 101. The average molecular weight is 2010 g/mol. The van der Waals surface area contributed by atoms with Crippen molar-refractivity contribution in [2.75, 3.05) is 90.8 Å². The molecule has 3 aliphatic heterocycles. The lowest BCUT2D eigenvalue weighted by Gasteiger charge is -2.41. The number of rotatable bonds is 15. The molecule has 0 radical (unpaired) electrons. The molecule has 714 valence electrons. The molecule has 42 heteroatoms. The van der Waals surface area contributed by atoms with E-state index in [1.54, 1.807) is 87.0 Å². The molecule has 0 bridgehead atoms. The van der Waals surface area contributed by atoms with Gasteiger partial charge in [0.25, 0.3) is 16.7 Å². The van der Waals surface area contributed by atoms with E-state index < -0.39 is 135 Å². The highest BCUT2D eigenvalue weighted by Crippen LogP contribution is 2.49. The number of benzene rings is 3. The predicted molar refractivity (Wildman–Crippen MR) is 516 cm³/mol. The molecule has 12 heterocycles. The Balaban J connectivity index is 0.000000175. The van der Waals surface area contributed by atoms with Gasteiger partial charge in [-0.15, -0.1) is 0 Å². The van der Waals surface area contributed by atoms with Gasteiger partial charge in [-0.1, -0.05) is 131 Å². The molecule has 0 saturated carbocycles. The zero-order valence-corrected chi connectivity index (χ0v) is 80.3. The first-order chi connectivity index (χ1) is 65.2. The first kappa shape index (κ1) is 102. The number of hydrogen-bond donors (Lipinski definition) is 3. The van der Waals surface area contributed by atoms with Crippen LogP contribution in [0.2, 0.25) is 30.1 Å². The minimum absolute atomic E-state index is 0.0769. The second-order valence-electron chi connectivity index (χ2n) is 33.8. The number of hydrogen-bond acceptors (Lipinski definition) is 21. The molecule has 3 atom stereocenters. The second kappa shape index (κ2) is 40.1. The molecule has 12 aromatic rings. The Hall–Kier alpha value is -13.8. The standard InChI is InChI=1S/3C32H28Cl2F3N7O2/c3*1-6-20(45)42-9-10-43(16(5)13-42)30-17-11-19(33)28(21-22(34)26(39)25(37)24(36)23(21)35)41-31(17)44(32(46)18(30)12-38)29-15(4)7-8-40-27(29)14(2)3/h3*6-8,11,14,16H,1,9-10,13,39H2,2-5H3/t3*16-/m000/s1. The van der Waals surface area contributed by atoms with E-state index in [-0.39, 0.29) is 194 Å². The fraction of sp³-hybridized carbons (Fsp3) is 0.281. The smallest absolute Gasteiger partial charge is 0.276 e. The highest BCUT2D eigenvalue weighted by atomic mass is 35.5. The maximum atomic E-state index is 15.4. The van der Waals surface area contributed by atoms with Crippen LogP contribution in [-0.4, -0.2) is 153 Å². The minimum Gasteiger partial charge on any atom is -0.395 e. The van der Waals surface area contributed by atoms with Crippen molar-refractivity contribution in [2.45, 2.75) is 119 Å². The van der Waals surface area contributed by atoms with E-state index in [0.29, 0.717) is 50.8 Å². The lowest BCUT2D eigenvalue weighted by Crippen LogP contribution is -2.54. The van der Waals surface area contributed by atoms with E-state index in [1.165, 1.54) is 50.1 Å². The number of halogens is 15. The maximum Gasteiger partial charge on any atom is 0.276 e. The fourth-order valence-corrected chi connectivity index (χ4v) is 18.9. The van der Waals surface area contributed by atoms with Crippen LogP contribution in [0.4, 0.5) is 73.6 Å². The van der Waals surface area contributed by atoms with E-state index in [0.717, 1.165) is 0 Å². The average Bonchev–Trinajstić information content (AvgIpc) is 0.726. The number of aromatic nitrogens is 9. The number of fused-ring (bicyclic) bond motifs is 3. The number of anilines is 6. The van der Waals surface area contributed by atoms with Crippen LogP contribution in [0.3, 0.4) is 0 Å². The highest BCUT2D eigenvalue weighted by Gasteiger charge is 2.40. The minimum atomic E-state index is -1.88. The van der Waals surface area contributed by atoms with E-state index in [4.69, 9.17) is 86.8 Å². The third-order valence-electron chi connectivity index (χ3n) is 24.1. The predicted octanol–water partition coefficient (Wildman–Crippen LogP) is 18.8. The molecule has 27 nitrogen and oxygen atoms in total. The van der Waals surface area contributed by atoms with Gasteiger partial charge in [0.1, 0.15) is 51.8 Å². The molecule has 0 spiro atoms. The van der Waals surface area contributed by atoms with Crippen LogP contribution in [-0.2, 0) is 14.4 Å². The first-order valence-electron chi connectivity index (χ1n) is 42.6. The Morgan fingerprint density at radius 2 is 0.630 bits per heavy atom. The number of carbonyl (C=O) groups excluding carboxylic acids is 3. The Bertz CT molecular complexity index is 6790. The van der Waals surface area contributed by atoms with Gasteiger partial charge in [-0.25, -0.2) is 54.5 Å². The molecule has 3 saturated heterocycles. The molecule has 9 aromatic heterocycles. The summed E-state index contributed by atoms with van der Waals surface area (Å²) < 4.78 is 136. The molecule has 3 amide bonds. The molecule has 3 fully saturated rings. The van der Waals surface area contributed by atoms with Crippen molar-refractivity contribution >= 4 is 155 Å². The monoisotopic (exact) mass is 2010 g/mol. The zero-order valence-electron chi connectivity index (χ0n) is 75.8. The molecule has 3 aromatic carbocycles. The molecular formula is C96H84Cl6F9N21O6. The molecule has 0 unspecified atom stereocenters. The van der Waals surface area contributed by atoms with Crippen LogP contribution in [0.1, 0.15) is 131 Å². The second-order valence-corrected chi connectivity index (χ2v) is 36.1. The Morgan fingerprint density at radius 3 is 0.833 bits per heavy atom. The van der Waals surface area contributed by atoms with Crippen molar-refractivity contribution in [3.63, 3.8) is 0 Å². The third kappa shape index (κ3) is 17.6. The number of nitrogens with two attached hydrogens (primary N) is 3. The normalized spacial score (nSPS) is 15.0. The summed E-state index contributed by atoms with van der Waals surface area (Å²) in [6.45, 7) is 34.9. The van der Waals surface area contributed by atoms with Crippen molar-refractivity contribution in [2.24, 2.45) is 0 Å². The number of piperazine rings is 3. The summed E-state index contributed by atoms with van der Waals surface area (Å²) in [5.41, 5.74) is 12.9. The van der Waals surface area contributed by atoms with Gasteiger partial charge in [0.15, 0.2) is 52.4 Å². The number of nitrogen functional groups attached to an aromatic ring is 3. The number of aryl methyl sites for hydroxylation is 3. The van der Waals surface area contributed by atoms with Crippen molar-refractivity contribution < 1.29 is 53.9 Å². The molecule has 6 N–H and O–H groups in total. The van der Waals surface area contributed by atoms with Crippen LogP contribution >= 0.6 is 69.6 Å². The number of nitrogens with zero attached hydrogens (tertiary/aromatic N) is 18. The van der Waals surface area contributed by atoms with E-state index in [1.807, 2.05) is 62.3 Å². The molecular weight excluding hydrogens is 1930 g/mol. The topological polar surface area (TPSA) is 363 Å². The molecule has 3 aliphatic rings. The van der Waals surface area contributed by atoms with Crippen molar-refractivity contribution in [3.05, 3.63) is 257 Å². The van der Waals surface area contributed by atoms with Gasteiger partial charge in [-0.2, -0.15) is 15.8 Å². The van der Waals surface area contributed by atoms with E-state index in [9.17, 15) is 70.9 Å². The summed E-state index contributed by atoms with van der Waals surface area (Å²) >= 11 is 38.8. The van der Waals surface area contributed by atoms with Crippen LogP contribution in [0, 0.1) is 107 Å². The summed E-state index contributed by atoms with van der Waals surface area (Å²) in [5, 5.41) is 29.3. The third-order valence-corrected chi connectivity index (χ3v) is 26.2. The van der Waals surface area contributed by atoms with Gasteiger partial charge in [0, 0.05) is 112 Å². The van der Waals surface area contributed by atoms with Gasteiger partial charge in [0.2, 0.25) is 17.7 Å². The number of nitriles is 3. The number of carbonyl (C=O) groups is 3. The summed E-state index contributed by atoms with van der Waals surface area (Å²) in [7, 11) is 0. The fourth-order valence-electron chi connectivity index (χ4n) is 17.4. The van der Waals surface area contributed by atoms with E-state index >= 15 is 13.2 Å². The Kier molecular flexibility index (Phi) is 29.5. The van der Waals surface area contributed by atoms with Gasteiger partial charge in [0.05, 0.1) is 132 Å². The van der Waals surface area contributed by atoms with Crippen LogP contribution in [0.25, 0.3) is 83.9 Å². The molecule has 0 aliphatic carbocycles. The maximum absolute atomic E-state index is 15.4. The lowest BCUT2D eigenvalue weighted by molar-refractivity contribution is -0.127. The van der Waals surface area contributed by atoms with Crippen molar-refractivity contribution in [1.82, 2.24) is 58.3 Å². The summed E-state index contributed by atoms with van der Waals surface area (Å²) in [4.78, 5) is 118. The lowest BCUT2D eigenvalue weighted by atomic mass is 10.0.